The van der Waals surface area contributed by atoms with Crippen molar-refractivity contribution in [3.05, 3.63) is 78.6 Å². The first-order valence-corrected chi connectivity index (χ1v) is 6.74. The molecular weight excluding hydrogens is 262 g/mol. The fourth-order valence-electron chi connectivity index (χ4n) is 2.16. The molecule has 0 unspecified atom stereocenters. The summed E-state index contributed by atoms with van der Waals surface area (Å²) in [6, 6.07) is 19.7. The van der Waals surface area contributed by atoms with Gasteiger partial charge >= 0.3 is 0 Å². The van der Waals surface area contributed by atoms with Crippen molar-refractivity contribution >= 4 is 0 Å². The Hall–Kier alpha value is -2.65. The van der Waals surface area contributed by atoms with Gasteiger partial charge in [0.15, 0.2) is 0 Å². The minimum absolute atomic E-state index is 0.101. The maximum atomic E-state index is 9.36. The van der Waals surface area contributed by atoms with Crippen LogP contribution in [0.1, 0.15) is 5.56 Å². The van der Waals surface area contributed by atoms with Crippen molar-refractivity contribution in [3.63, 3.8) is 0 Å². The van der Waals surface area contributed by atoms with E-state index in [9.17, 15) is 5.11 Å². The molecule has 104 valence electrons. The maximum Gasteiger partial charge on any atom is 0.136 e. The fraction of sp³-hybridized carbons (Fsp3) is 0.0556. The van der Waals surface area contributed by atoms with Crippen LogP contribution in [0, 0.1) is 0 Å². The van der Waals surface area contributed by atoms with Crippen molar-refractivity contribution in [3.8, 4) is 22.6 Å². The third-order valence-corrected chi connectivity index (χ3v) is 3.22. The number of nitrogens with zero attached hydrogens (tertiary/aromatic N) is 1. The molecule has 0 spiro atoms. The van der Waals surface area contributed by atoms with Crippen molar-refractivity contribution in [2.24, 2.45) is 0 Å². The number of hydrogen-bond donors (Lipinski definition) is 1. The summed E-state index contributed by atoms with van der Waals surface area (Å²) >= 11 is 0. The number of aliphatic hydroxyl groups is 1. The molecule has 0 amide bonds. The van der Waals surface area contributed by atoms with Crippen molar-refractivity contribution in [1.82, 2.24) is 4.98 Å². The molecule has 0 radical (unpaired) electrons. The summed E-state index contributed by atoms with van der Waals surface area (Å²) in [5, 5.41) is 9.36. The monoisotopic (exact) mass is 277 g/mol. The number of hydrogen-bond acceptors (Lipinski definition) is 3. The smallest absolute Gasteiger partial charge is 0.136 e. The Morgan fingerprint density at radius 1 is 0.857 bits per heavy atom. The standard InChI is InChI=1S/C18H15NO2/c20-13-15-12-19-11-10-17(15)21-18-9-5-4-8-16(18)14-6-2-1-3-7-14/h1-12,20H,13H2. The summed E-state index contributed by atoms with van der Waals surface area (Å²) in [4.78, 5) is 4.00. The molecule has 0 atom stereocenters. The Bertz CT molecular complexity index is 726. The van der Waals surface area contributed by atoms with Gasteiger partial charge in [0.2, 0.25) is 0 Å². The molecule has 2 aromatic carbocycles. The molecule has 0 saturated heterocycles. The van der Waals surface area contributed by atoms with Crippen LogP contribution in [-0.4, -0.2) is 10.1 Å². The lowest BCUT2D eigenvalue weighted by Crippen LogP contribution is -1.94. The predicted octanol–water partition coefficient (Wildman–Crippen LogP) is 4.03. The van der Waals surface area contributed by atoms with Gasteiger partial charge in [-0.25, -0.2) is 0 Å². The van der Waals surface area contributed by atoms with E-state index >= 15 is 0 Å². The van der Waals surface area contributed by atoms with E-state index in [-0.39, 0.29) is 6.61 Å². The molecule has 1 aromatic heterocycles. The number of pyridine rings is 1. The van der Waals surface area contributed by atoms with Crippen LogP contribution in [-0.2, 0) is 6.61 Å². The Morgan fingerprint density at radius 2 is 1.62 bits per heavy atom. The predicted molar refractivity (Wildman–Crippen MR) is 82.1 cm³/mol. The third-order valence-electron chi connectivity index (χ3n) is 3.22. The highest BCUT2D eigenvalue weighted by Crippen LogP contribution is 2.34. The van der Waals surface area contributed by atoms with Crippen LogP contribution in [0.25, 0.3) is 11.1 Å². The van der Waals surface area contributed by atoms with Crippen molar-refractivity contribution in [1.29, 1.82) is 0 Å². The van der Waals surface area contributed by atoms with E-state index in [2.05, 4.69) is 4.98 Å². The average Bonchev–Trinajstić information content (AvgIpc) is 2.57. The van der Waals surface area contributed by atoms with Gasteiger partial charge in [-0.3, -0.25) is 4.98 Å². The first-order valence-electron chi connectivity index (χ1n) is 6.74. The highest BCUT2D eigenvalue weighted by Gasteiger charge is 2.09. The first kappa shape index (κ1) is 13.3. The second-order valence-electron chi connectivity index (χ2n) is 4.61. The summed E-state index contributed by atoms with van der Waals surface area (Å²) in [7, 11) is 0. The van der Waals surface area contributed by atoms with E-state index in [4.69, 9.17) is 4.74 Å². The van der Waals surface area contributed by atoms with Crippen LogP contribution in [0.4, 0.5) is 0 Å². The van der Waals surface area contributed by atoms with E-state index in [1.165, 1.54) is 0 Å². The number of para-hydroxylation sites is 1. The van der Waals surface area contributed by atoms with Gasteiger partial charge in [-0.15, -0.1) is 0 Å². The van der Waals surface area contributed by atoms with Crippen molar-refractivity contribution in [2.45, 2.75) is 6.61 Å². The molecule has 3 aromatic rings. The molecule has 0 aliphatic carbocycles. The van der Waals surface area contributed by atoms with Gasteiger partial charge in [-0.05, 0) is 17.7 Å². The molecule has 1 N–H and O–H groups in total. The van der Waals surface area contributed by atoms with Gasteiger partial charge in [0.1, 0.15) is 11.5 Å². The van der Waals surface area contributed by atoms with Crippen LogP contribution >= 0.6 is 0 Å². The maximum absolute atomic E-state index is 9.36. The number of benzene rings is 2. The van der Waals surface area contributed by atoms with Crippen molar-refractivity contribution in [2.75, 3.05) is 0 Å². The van der Waals surface area contributed by atoms with Gasteiger partial charge in [-0.1, -0.05) is 48.5 Å². The highest BCUT2D eigenvalue weighted by molar-refractivity contribution is 5.70. The van der Waals surface area contributed by atoms with Gasteiger partial charge in [0.25, 0.3) is 0 Å². The quantitative estimate of drug-likeness (QED) is 0.782. The van der Waals surface area contributed by atoms with Gasteiger partial charge < -0.3 is 9.84 Å². The molecule has 0 aliphatic rings. The van der Waals surface area contributed by atoms with Crippen LogP contribution in [0.2, 0.25) is 0 Å². The molecule has 0 saturated carbocycles. The Balaban J connectivity index is 2.00. The van der Waals surface area contributed by atoms with Crippen molar-refractivity contribution < 1.29 is 9.84 Å². The normalized spacial score (nSPS) is 10.3. The van der Waals surface area contributed by atoms with Crippen LogP contribution < -0.4 is 4.74 Å². The molecule has 3 rings (SSSR count). The largest absolute Gasteiger partial charge is 0.456 e. The highest BCUT2D eigenvalue weighted by atomic mass is 16.5. The zero-order valence-electron chi connectivity index (χ0n) is 11.4. The Morgan fingerprint density at radius 3 is 2.43 bits per heavy atom. The molecule has 21 heavy (non-hydrogen) atoms. The number of ether oxygens (including phenoxy) is 1. The number of aromatic nitrogens is 1. The van der Waals surface area contributed by atoms with E-state index in [0.29, 0.717) is 11.3 Å². The van der Waals surface area contributed by atoms with Crippen LogP contribution in [0.3, 0.4) is 0 Å². The fourth-order valence-corrected chi connectivity index (χ4v) is 2.16. The van der Waals surface area contributed by atoms with E-state index in [0.717, 1.165) is 16.9 Å². The molecule has 0 aliphatic heterocycles. The third kappa shape index (κ3) is 2.93. The lowest BCUT2D eigenvalue weighted by Gasteiger charge is -2.13. The molecular formula is C18H15NO2. The summed E-state index contributed by atoms with van der Waals surface area (Å²) in [6.45, 7) is -0.101. The minimum atomic E-state index is -0.101. The summed E-state index contributed by atoms with van der Waals surface area (Å²) in [5.41, 5.74) is 2.77. The molecule has 3 nitrogen and oxygen atoms in total. The lowest BCUT2D eigenvalue weighted by atomic mass is 10.0. The van der Waals surface area contributed by atoms with E-state index < -0.39 is 0 Å². The van der Waals surface area contributed by atoms with Gasteiger partial charge in [0.05, 0.1) is 6.61 Å². The molecule has 0 fully saturated rings. The van der Waals surface area contributed by atoms with E-state index in [1.54, 1.807) is 18.5 Å². The summed E-state index contributed by atoms with van der Waals surface area (Å²) < 4.78 is 5.99. The first-order chi connectivity index (χ1) is 10.4. The summed E-state index contributed by atoms with van der Waals surface area (Å²) in [6.07, 6.45) is 3.26. The topological polar surface area (TPSA) is 42.4 Å². The zero-order valence-corrected chi connectivity index (χ0v) is 11.4. The van der Waals surface area contributed by atoms with E-state index in [1.807, 2.05) is 54.6 Å². The second-order valence-corrected chi connectivity index (χ2v) is 4.61. The Kier molecular flexibility index (Phi) is 3.94. The van der Waals surface area contributed by atoms with Crippen LogP contribution in [0.5, 0.6) is 11.5 Å². The average molecular weight is 277 g/mol. The lowest BCUT2D eigenvalue weighted by molar-refractivity contribution is 0.276. The second kappa shape index (κ2) is 6.20. The van der Waals surface area contributed by atoms with Crippen LogP contribution in [0.15, 0.2) is 73.1 Å². The SMILES string of the molecule is OCc1cnccc1Oc1ccccc1-c1ccccc1. The number of aliphatic hydroxyl groups excluding tert-OH is 1. The molecule has 0 bridgehead atoms. The minimum Gasteiger partial charge on any atom is -0.456 e. The zero-order chi connectivity index (χ0) is 14.5. The molecule has 1 heterocycles. The summed E-state index contributed by atoms with van der Waals surface area (Å²) in [5.74, 6) is 1.38. The number of rotatable bonds is 4. The molecule has 3 heteroatoms. The van der Waals surface area contributed by atoms with Gasteiger partial charge in [-0.2, -0.15) is 0 Å². The van der Waals surface area contributed by atoms with Gasteiger partial charge in [0, 0.05) is 23.5 Å². The Labute approximate surface area is 123 Å².